The molecule has 0 N–H and O–H groups in total. The summed E-state index contributed by atoms with van der Waals surface area (Å²) in [5.41, 5.74) is 1.37. The van der Waals surface area contributed by atoms with E-state index >= 15 is 0 Å². The average Bonchev–Trinajstić information content (AvgIpc) is 2.98. The number of nitrogens with zero attached hydrogens (tertiary/aromatic N) is 1. The maximum atomic E-state index is 12.5. The zero-order chi connectivity index (χ0) is 13.9. The van der Waals surface area contributed by atoms with Crippen LogP contribution in [0.4, 0.5) is 0 Å². The lowest BCUT2D eigenvalue weighted by molar-refractivity contribution is -0.135. The van der Waals surface area contributed by atoms with Crippen molar-refractivity contribution in [2.24, 2.45) is 5.92 Å². The van der Waals surface area contributed by atoms with Crippen molar-refractivity contribution in [2.75, 3.05) is 13.1 Å². The van der Waals surface area contributed by atoms with Gasteiger partial charge in [0.05, 0.1) is 0 Å². The minimum Gasteiger partial charge on any atom is -0.342 e. The number of halogens is 1. The van der Waals surface area contributed by atoms with E-state index in [1.807, 2.05) is 0 Å². The SMILES string of the molecule is O=C(C1CCCCC1)N1CCC(c2ccc(Br)cc2)C1. The van der Waals surface area contributed by atoms with Crippen molar-refractivity contribution in [1.82, 2.24) is 4.90 Å². The number of amides is 1. The molecule has 0 radical (unpaired) electrons. The largest absolute Gasteiger partial charge is 0.342 e. The minimum absolute atomic E-state index is 0.312. The van der Waals surface area contributed by atoms with Gasteiger partial charge in [0.25, 0.3) is 0 Å². The lowest BCUT2D eigenvalue weighted by atomic mass is 9.88. The fraction of sp³-hybridized carbons (Fsp3) is 0.588. The van der Waals surface area contributed by atoms with E-state index < -0.39 is 0 Å². The van der Waals surface area contributed by atoms with Gasteiger partial charge in [-0.2, -0.15) is 0 Å². The third-order valence-electron chi connectivity index (χ3n) is 4.80. The van der Waals surface area contributed by atoms with Crippen molar-refractivity contribution in [3.63, 3.8) is 0 Å². The van der Waals surface area contributed by atoms with Crippen molar-refractivity contribution >= 4 is 21.8 Å². The predicted octanol–water partition coefficient (Wildman–Crippen LogP) is 4.35. The zero-order valence-corrected chi connectivity index (χ0v) is 13.4. The number of hydrogen-bond acceptors (Lipinski definition) is 1. The Morgan fingerprint density at radius 1 is 1.05 bits per heavy atom. The highest BCUT2D eigenvalue weighted by atomic mass is 79.9. The molecule has 0 spiro atoms. The van der Waals surface area contributed by atoms with E-state index in [9.17, 15) is 4.79 Å². The second-order valence-electron chi connectivity index (χ2n) is 6.16. The molecule has 2 aliphatic rings. The molecular weight excluding hydrogens is 314 g/mol. The summed E-state index contributed by atoms with van der Waals surface area (Å²) >= 11 is 3.48. The van der Waals surface area contributed by atoms with Crippen LogP contribution in [0.3, 0.4) is 0 Å². The lowest BCUT2D eigenvalue weighted by Crippen LogP contribution is -2.35. The maximum absolute atomic E-state index is 12.5. The second-order valence-corrected chi connectivity index (χ2v) is 7.07. The van der Waals surface area contributed by atoms with Gasteiger partial charge in [-0.1, -0.05) is 47.3 Å². The molecule has 1 amide bonds. The van der Waals surface area contributed by atoms with Crippen molar-refractivity contribution < 1.29 is 4.79 Å². The highest BCUT2D eigenvalue weighted by Crippen LogP contribution is 2.31. The van der Waals surface area contributed by atoms with Gasteiger partial charge >= 0.3 is 0 Å². The van der Waals surface area contributed by atoms with E-state index in [4.69, 9.17) is 0 Å². The summed E-state index contributed by atoms with van der Waals surface area (Å²) in [6.07, 6.45) is 7.11. The Kier molecular flexibility index (Phi) is 4.45. The molecule has 1 saturated carbocycles. The maximum Gasteiger partial charge on any atom is 0.225 e. The first-order valence-corrected chi connectivity index (χ1v) is 8.57. The van der Waals surface area contributed by atoms with E-state index in [1.54, 1.807) is 0 Å². The molecule has 1 atom stereocenters. The predicted molar refractivity (Wildman–Crippen MR) is 84.7 cm³/mol. The van der Waals surface area contributed by atoms with Gasteiger partial charge in [0.2, 0.25) is 5.91 Å². The van der Waals surface area contributed by atoms with E-state index in [0.29, 0.717) is 17.7 Å². The van der Waals surface area contributed by atoms with E-state index in [-0.39, 0.29) is 0 Å². The molecular formula is C17H22BrNO. The summed E-state index contributed by atoms with van der Waals surface area (Å²) in [5, 5.41) is 0. The highest BCUT2D eigenvalue weighted by molar-refractivity contribution is 9.10. The number of carbonyl (C=O) groups excluding carboxylic acids is 1. The number of likely N-dealkylation sites (tertiary alicyclic amines) is 1. The molecule has 3 rings (SSSR count). The standard InChI is InChI=1S/C17H22BrNO/c18-16-8-6-13(7-9-16)15-10-11-19(12-15)17(20)14-4-2-1-3-5-14/h6-9,14-15H,1-5,10-12H2. The van der Waals surface area contributed by atoms with Crippen LogP contribution < -0.4 is 0 Å². The minimum atomic E-state index is 0.312. The third kappa shape index (κ3) is 3.08. The van der Waals surface area contributed by atoms with Crippen molar-refractivity contribution in [1.29, 1.82) is 0 Å². The number of rotatable bonds is 2. The Morgan fingerprint density at radius 3 is 2.45 bits per heavy atom. The fourth-order valence-electron chi connectivity index (χ4n) is 3.58. The lowest BCUT2D eigenvalue weighted by Gasteiger charge is -2.26. The quantitative estimate of drug-likeness (QED) is 0.786. The fourth-order valence-corrected chi connectivity index (χ4v) is 3.84. The summed E-state index contributed by atoms with van der Waals surface area (Å²) < 4.78 is 1.12. The molecule has 2 fully saturated rings. The van der Waals surface area contributed by atoms with E-state index in [1.165, 1.54) is 24.8 Å². The van der Waals surface area contributed by atoms with Gasteiger partial charge in [0.1, 0.15) is 0 Å². The first-order valence-electron chi connectivity index (χ1n) is 7.78. The Balaban J connectivity index is 1.61. The Bertz CT molecular complexity index is 464. The summed E-state index contributed by atoms with van der Waals surface area (Å²) in [4.78, 5) is 14.7. The molecule has 2 nitrogen and oxygen atoms in total. The molecule has 0 bridgehead atoms. The summed E-state index contributed by atoms with van der Waals surface area (Å²) in [6, 6.07) is 8.56. The van der Waals surface area contributed by atoms with Crippen LogP contribution in [0, 0.1) is 5.92 Å². The summed E-state index contributed by atoms with van der Waals surface area (Å²) in [6.45, 7) is 1.85. The topological polar surface area (TPSA) is 20.3 Å². The Labute approximate surface area is 129 Å². The molecule has 108 valence electrons. The van der Waals surface area contributed by atoms with Gasteiger partial charge in [-0.3, -0.25) is 4.79 Å². The molecule has 1 heterocycles. The summed E-state index contributed by atoms with van der Waals surface area (Å²) in [5.74, 6) is 1.26. The molecule has 1 aliphatic carbocycles. The van der Waals surface area contributed by atoms with Crippen molar-refractivity contribution in [3.8, 4) is 0 Å². The first kappa shape index (κ1) is 14.1. The van der Waals surface area contributed by atoms with Gasteiger partial charge in [-0.05, 0) is 37.0 Å². The highest BCUT2D eigenvalue weighted by Gasteiger charge is 2.31. The van der Waals surface area contributed by atoms with Crippen LogP contribution in [0.2, 0.25) is 0 Å². The molecule has 1 aromatic rings. The zero-order valence-electron chi connectivity index (χ0n) is 11.9. The number of hydrogen-bond donors (Lipinski definition) is 0. The van der Waals surface area contributed by atoms with Crippen LogP contribution in [0.1, 0.15) is 50.0 Å². The number of carbonyl (C=O) groups is 1. The van der Waals surface area contributed by atoms with Gasteiger partial charge in [0, 0.05) is 29.4 Å². The van der Waals surface area contributed by atoms with Crippen LogP contribution in [-0.4, -0.2) is 23.9 Å². The molecule has 1 aliphatic heterocycles. The molecule has 3 heteroatoms. The Hall–Kier alpha value is -0.830. The van der Waals surface area contributed by atoms with E-state index in [2.05, 4.69) is 45.1 Å². The molecule has 1 saturated heterocycles. The molecule has 1 unspecified atom stereocenters. The van der Waals surface area contributed by atoms with Gasteiger partial charge < -0.3 is 4.90 Å². The van der Waals surface area contributed by atoms with Crippen molar-refractivity contribution in [2.45, 2.75) is 44.4 Å². The van der Waals surface area contributed by atoms with Crippen LogP contribution in [0.25, 0.3) is 0 Å². The van der Waals surface area contributed by atoms with Crippen LogP contribution in [-0.2, 0) is 4.79 Å². The molecule has 1 aromatic carbocycles. The van der Waals surface area contributed by atoms with E-state index in [0.717, 1.165) is 36.8 Å². The second kappa shape index (κ2) is 6.30. The van der Waals surface area contributed by atoms with Crippen molar-refractivity contribution in [3.05, 3.63) is 34.3 Å². The average molecular weight is 336 g/mol. The monoisotopic (exact) mass is 335 g/mol. The van der Waals surface area contributed by atoms with Gasteiger partial charge in [-0.25, -0.2) is 0 Å². The van der Waals surface area contributed by atoms with Crippen LogP contribution >= 0.6 is 15.9 Å². The first-order chi connectivity index (χ1) is 9.74. The number of benzene rings is 1. The smallest absolute Gasteiger partial charge is 0.225 e. The normalized spacial score (nSPS) is 24.1. The molecule has 0 aromatic heterocycles. The van der Waals surface area contributed by atoms with Gasteiger partial charge in [-0.15, -0.1) is 0 Å². The van der Waals surface area contributed by atoms with Gasteiger partial charge in [0.15, 0.2) is 0 Å². The third-order valence-corrected chi connectivity index (χ3v) is 5.32. The summed E-state index contributed by atoms with van der Waals surface area (Å²) in [7, 11) is 0. The molecule has 20 heavy (non-hydrogen) atoms. The Morgan fingerprint density at radius 2 is 1.75 bits per heavy atom. The van der Waals surface area contributed by atoms with Crippen LogP contribution in [0.15, 0.2) is 28.7 Å². The van der Waals surface area contributed by atoms with Crippen LogP contribution in [0.5, 0.6) is 0 Å².